The Morgan fingerprint density at radius 2 is 1.35 bits per heavy atom. The van der Waals surface area contributed by atoms with Gasteiger partial charge in [-0.05, 0) is 6.92 Å². The van der Waals surface area contributed by atoms with Crippen molar-refractivity contribution >= 4 is 0 Å². The Bertz CT molecular complexity index is 579. The summed E-state index contributed by atoms with van der Waals surface area (Å²) in [4.78, 5) is 0. The minimum Gasteiger partial charge on any atom is -0.394 e. The van der Waals surface area contributed by atoms with Gasteiger partial charge in [-0.25, -0.2) is 0 Å². The zero-order valence-electron chi connectivity index (χ0n) is 16.6. The second-order valence-corrected chi connectivity index (χ2v) is 7.87. The molecular formula is C17H30O14. The van der Waals surface area contributed by atoms with Gasteiger partial charge in [0.1, 0.15) is 61.0 Å². The van der Waals surface area contributed by atoms with Crippen LogP contribution in [0.4, 0.5) is 0 Å². The van der Waals surface area contributed by atoms with Gasteiger partial charge < -0.3 is 69.6 Å². The normalized spacial score (nSPS) is 54.0. The third-order valence-electron chi connectivity index (χ3n) is 5.68. The Hall–Kier alpha value is -0.560. The van der Waals surface area contributed by atoms with Gasteiger partial charge in [-0.2, -0.15) is 0 Å². The summed E-state index contributed by atoms with van der Waals surface area (Å²) in [5, 5.41) is 89.4. The van der Waals surface area contributed by atoms with Crippen molar-refractivity contribution in [2.75, 3.05) is 13.2 Å². The Kier molecular flexibility index (Phi) is 8.21. The van der Waals surface area contributed by atoms with E-state index < -0.39 is 92.6 Å². The fourth-order valence-electron chi connectivity index (χ4n) is 3.68. The molecule has 3 heterocycles. The summed E-state index contributed by atoms with van der Waals surface area (Å²) < 4.78 is 26.5. The van der Waals surface area contributed by atoms with Crippen LogP contribution in [0.2, 0.25) is 0 Å². The van der Waals surface area contributed by atoms with E-state index in [4.69, 9.17) is 23.7 Å². The van der Waals surface area contributed by atoms with Crippen LogP contribution < -0.4 is 0 Å². The fourth-order valence-corrected chi connectivity index (χ4v) is 3.68. The Labute approximate surface area is 176 Å². The van der Waals surface area contributed by atoms with Gasteiger partial charge in [0.05, 0.1) is 19.3 Å². The van der Waals surface area contributed by atoms with E-state index in [1.807, 2.05) is 0 Å². The molecule has 3 rings (SSSR count). The van der Waals surface area contributed by atoms with Gasteiger partial charge in [-0.3, -0.25) is 0 Å². The number of hydrogen-bond donors (Lipinski definition) is 9. The maximum atomic E-state index is 10.6. The van der Waals surface area contributed by atoms with Crippen LogP contribution >= 0.6 is 0 Å². The van der Waals surface area contributed by atoms with Crippen molar-refractivity contribution < 1.29 is 69.6 Å². The highest BCUT2D eigenvalue weighted by Crippen LogP contribution is 2.30. The molecule has 0 amide bonds. The number of ether oxygens (including phenoxy) is 5. The largest absolute Gasteiger partial charge is 0.394 e. The van der Waals surface area contributed by atoms with Crippen molar-refractivity contribution in [3.63, 3.8) is 0 Å². The summed E-state index contributed by atoms with van der Waals surface area (Å²) in [6, 6.07) is 0. The standard InChI is InChI=1S/C17H30O14/c1-4-7(19)14(31-16-12(24)10(22)8(20)5(2-18)29-16)13(25)17(28-4)30-6-3-27-15(26)11(23)9(6)21/h4-26H,2-3H2,1H3/t4-,5+,6+,7-,8+,9-,10-,11+,12+,13+,14+,15+,16-,17-/m0/s1. The molecule has 0 aromatic heterocycles. The summed E-state index contributed by atoms with van der Waals surface area (Å²) >= 11 is 0. The van der Waals surface area contributed by atoms with Crippen molar-refractivity contribution in [3.05, 3.63) is 0 Å². The lowest BCUT2D eigenvalue weighted by atomic mass is 9.97. The third-order valence-corrected chi connectivity index (χ3v) is 5.68. The van der Waals surface area contributed by atoms with Crippen molar-refractivity contribution in [1.82, 2.24) is 0 Å². The maximum absolute atomic E-state index is 10.6. The van der Waals surface area contributed by atoms with Crippen LogP contribution in [0.15, 0.2) is 0 Å². The monoisotopic (exact) mass is 458 g/mol. The van der Waals surface area contributed by atoms with Gasteiger partial charge in [0.25, 0.3) is 0 Å². The lowest BCUT2D eigenvalue weighted by molar-refractivity contribution is -0.369. The van der Waals surface area contributed by atoms with E-state index >= 15 is 0 Å². The van der Waals surface area contributed by atoms with Gasteiger partial charge in [-0.15, -0.1) is 0 Å². The molecule has 9 N–H and O–H groups in total. The first kappa shape index (κ1) is 25.1. The summed E-state index contributed by atoms with van der Waals surface area (Å²) in [6.45, 7) is 0.406. The lowest BCUT2D eigenvalue weighted by Crippen LogP contribution is -2.65. The highest BCUT2D eigenvalue weighted by molar-refractivity contribution is 4.94. The van der Waals surface area contributed by atoms with E-state index in [1.54, 1.807) is 0 Å². The van der Waals surface area contributed by atoms with Gasteiger partial charge in [0.2, 0.25) is 0 Å². The first-order valence-corrected chi connectivity index (χ1v) is 9.85. The molecule has 14 heteroatoms. The van der Waals surface area contributed by atoms with E-state index in [-0.39, 0.29) is 6.61 Å². The molecule has 31 heavy (non-hydrogen) atoms. The molecule has 14 nitrogen and oxygen atoms in total. The highest BCUT2D eigenvalue weighted by Gasteiger charge is 2.51. The van der Waals surface area contributed by atoms with E-state index in [2.05, 4.69) is 0 Å². The average molecular weight is 458 g/mol. The van der Waals surface area contributed by atoms with Crippen molar-refractivity contribution in [1.29, 1.82) is 0 Å². The quantitative estimate of drug-likeness (QED) is 0.187. The molecule has 3 aliphatic rings. The van der Waals surface area contributed by atoms with Gasteiger partial charge in [-0.1, -0.05) is 0 Å². The zero-order valence-corrected chi connectivity index (χ0v) is 16.6. The summed E-state index contributed by atoms with van der Waals surface area (Å²) in [6.07, 6.45) is -21.1. The smallest absolute Gasteiger partial charge is 0.187 e. The van der Waals surface area contributed by atoms with Crippen LogP contribution in [0.3, 0.4) is 0 Å². The Morgan fingerprint density at radius 3 is 2.00 bits per heavy atom. The molecule has 0 saturated carbocycles. The van der Waals surface area contributed by atoms with Crippen LogP contribution in [-0.2, 0) is 23.7 Å². The number of aliphatic hydroxyl groups excluding tert-OH is 9. The van der Waals surface area contributed by atoms with Gasteiger partial charge >= 0.3 is 0 Å². The van der Waals surface area contributed by atoms with E-state index in [1.165, 1.54) is 6.92 Å². The van der Waals surface area contributed by atoms with Crippen LogP contribution in [-0.4, -0.2) is 145 Å². The summed E-state index contributed by atoms with van der Waals surface area (Å²) in [5.41, 5.74) is 0. The molecule has 0 aromatic rings. The fraction of sp³-hybridized carbons (Fsp3) is 1.00. The minimum atomic E-state index is -1.76. The molecule has 0 bridgehead atoms. The summed E-state index contributed by atoms with van der Waals surface area (Å²) in [5.74, 6) is 0. The Morgan fingerprint density at radius 1 is 0.710 bits per heavy atom. The van der Waals surface area contributed by atoms with Crippen LogP contribution in [0.25, 0.3) is 0 Å². The van der Waals surface area contributed by atoms with Crippen LogP contribution in [0, 0.1) is 0 Å². The predicted octanol–water partition coefficient (Wildman–Crippen LogP) is -5.91. The van der Waals surface area contributed by atoms with E-state index in [9.17, 15) is 46.0 Å². The van der Waals surface area contributed by atoms with E-state index in [0.717, 1.165) is 0 Å². The number of hydrogen-bond acceptors (Lipinski definition) is 14. The predicted molar refractivity (Wildman–Crippen MR) is 93.8 cm³/mol. The van der Waals surface area contributed by atoms with Crippen molar-refractivity contribution in [2.24, 2.45) is 0 Å². The number of rotatable bonds is 5. The molecule has 0 aromatic carbocycles. The first-order valence-electron chi connectivity index (χ1n) is 9.85. The molecule has 0 unspecified atom stereocenters. The maximum Gasteiger partial charge on any atom is 0.187 e. The van der Waals surface area contributed by atoms with Crippen LogP contribution in [0.5, 0.6) is 0 Å². The van der Waals surface area contributed by atoms with Crippen molar-refractivity contribution in [3.8, 4) is 0 Å². The molecular weight excluding hydrogens is 428 g/mol. The highest BCUT2D eigenvalue weighted by atomic mass is 16.7. The topological polar surface area (TPSA) is 228 Å². The Balaban J connectivity index is 1.70. The minimum absolute atomic E-state index is 0.332. The molecule has 182 valence electrons. The van der Waals surface area contributed by atoms with Crippen LogP contribution in [0.1, 0.15) is 6.92 Å². The molecule has 0 aliphatic carbocycles. The zero-order chi connectivity index (χ0) is 23.0. The lowest BCUT2D eigenvalue weighted by Gasteiger charge is -2.46. The third kappa shape index (κ3) is 5.02. The molecule has 3 saturated heterocycles. The number of aliphatic hydroxyl groups is 9. The SMILES string of the molecule is C[C@@H]1O[C@@H](O[C@@H]2CO[C@@H](O)[C@H](O)[C@H]2O)[C@H](O)[C@H](O[C@@H]2O[C@H](CO)[C@@H](O)[C@H](O)[C@H]2O)[C@H]1O. The first-order chi connectivity index (χ1) is 14.6. The van der Waals surface area contributed by atoms with Gasteiger partial charge in [0.15, 0.2) is 18.9 Å². The molecule has 3 fully saturated rings. The average Bonchev–Trinajstić information content (AvgIpc) is 2.75. The van der Waals surface area contributed by atoms with Crippen molar-refractivity contribution in [2.45, 2.75) is 92.9 Å². The van der Waals surface area contributed by atoms with E-state index in [0.29, 0.717) is 0 Å². The molecule has 0 spiro atoms. The molecule has 0 radical (unpaired) electrons. The second-order valence-electron chi connectivity index (χ2n) is 7.87. The summed E-state index contributed by atoms with van der Waals surface area (Å²) in [7, 11) is 0. The second kappa shape index (κ2) is 10.1. The van der Waals surface area contributed by atoms with Gasteiger partial charge in [0, 0.05) is 0 Å². The molecule has 3 aliphatic heterocycles. The molecule has 14 atom stereocenters.